The SMILES string of the molecule is Cc1[nH]c(-c2ccc[nH]2)cc1CN. The highest BCUT2D eigenvalue weighted by molar-refractivity contribution is 5.57. The van der Waals surface area contributed by atoms with Crippen LogP contribution in [0.3, 0.4) is 0 Å². The molecule has 0 unspecified atom stereocenters. The Morgan fingerprint density at radius 3 is 2.77 bits per heavy atom. The molecule has 0 radical (unpaired) electrons. The monoisotopic (exact) mass is 175 g/mol. The van der Waals surface area contributed by atoms with Crippen molar-refractivity contribution >= 4 is 0 Å². The van der Waals surface area contributed by atoms with Crippen LogP contribution in [0.15, 0.2) is 24.4 Å². The molecule has 2 aromatic heterocycles. The molecule has 2 heterocycles. The second-order valence-corrected chi connectivity index (χ2v) is 3.12. The normalized spacial score (nSPS) is 10.6. The van der Waals surface area contributed by atoms with Gasteiger partial charge >= 0.3 is 0 Å². The molecule has 0 spiro atoms. The van der Waals surface area contributed by atoms with E-state index in [4.69, 9.17) is 5.73 Å². The second-order valence-electron chi connectivity index (χ2n) is 3.12. The summed E-state index contributed by atoms with van der Waals surface area (Å²) < 4.78 is 0. The molecule has 0 saturated heterocycles. The minimum absolute atomic E-state index is 0.586. The van der Waals surface area contributed by atoms with Gasteiger partial charge in [-0.25, -0.2) is 0 Å². The van der Waals surface area contributed by atoms with Gasteiger partial charge in [-0.05, 0) is 30.7 Å². The summed E-state index contributed by atoms with van der Waals surface area (Å²) in [5.41, 5.74) is 10.1. The molecule has 0 aliphatic rings. The maximum Gasteiger partial charge on any atom is 0.0624 e. The molecule has 0 aromatic carbocycles. The molecule has 0 atom stereocenters. The lowest BCUT2D eigenvalue weighted by Crippen LogP contribution is -1.95. The number of nitrogens with two attached hydrogens (primary N) is 1. The molecule has 13 heavy (non-hydrogen) atoms. The van der Waals surface area contributed by atoms with Crippen molar-refractivity contribution in [2.45, 2.75) is 13.5 Å². The van der Waals surface area contributed by atoms with Crippen LogP contribution in [-0.2, 0) is 6.54 Å². The molecule has 2 rings (SSSR count). The van der Waals surface area contributed by atoms with Crippen molar-refractivity contribution in [3.05, 3.63) is 35.7 Å². The van der Waals surface area contributed by atoms with Crippen LogP contribution in [0.5, 0.6) is 0 Å². The molecule has 0 aliphatic heterocycles. The van der Waals surface area contributed by atoms with Gasteiger partial charge in [-0.2, -0.15) is 0 Å². The highest BCUT2D eigenvalue weighted by atomic mass is 14.8. The summed E-state index contributed by atoms with van der Waals surface area (Å²) in [6.07, 6.45) is 1.91. The fourth-order valence-corrected chi connectivity index (χ4v) is 1.46. The predicted molar refractivity (Wildman–Crippen MR) is 53.2 cm³/mol. The number of aromatic amines is 2. The molecule has 0 saturated carbocycles. The molecule has 0 amide bonds. The van der Waals surface area contributed by atoms with Gasteiger partial charge in [0.05, 0.1) is 11.4 Å². The third kappa shape index (κ3) is 1.38. The Hall–Kier alpha value is -1.48. The Labute approximate surface area is 77.0 Å². The molecular weight excluding hydrogens is 162 g/mol. The summed E-state index contributed by atoms with van der Waals surface area (Å²) in [4.78, 5) is 6.43. The van der Waals surface area contributed by atoms with Gasteiger partial charge in [-0.15, -0.1) is 0 Å². The van der Waals surface area contributed by atoms with Crippen LogP contribution in [0.1, 0.15) is 11.3 Å². The van der Waals surface area contributed by atoms with Crippen LogP contribution in [0.2, 0.25) is 0 Å². The van der Waals surface area contributed by atoms with Crippen molar-refractivity contribution < 1.29 is 0 Å². The zero-order chi connectivity index (χ0) is 9.26. The molecule has 3 nitrogen and oxygen atoms in total. The Morgan fingerprint density at radius 1 is 1.38 bits per heavy atom. The molecular formula is C10H13N3. The Balaban J connectivity index is 2.43. The van der Waals surface area contributed by atoms with Gasteiger partial charge in [0.25, 0.3) is 0 Å². The van der Waals surface area contributed by atoms with Crippen LogP contribution in [0, 0.1) is 6.92 Å². The van der Waals surface area contributed by atoms with E-state index in [0.717, 1.165) is 17.1 Å². The molecule has 0 bridgehead atoms. The standard InChI is InChI=1S/C10H13N3/c1-7-8(6-11)5-10(13-7)9-3-2-4-12-9/h2-5,12-13H,6,11H2,1H3. The van der Waals surface area contributed by atoms with E-state index >= 15 is 0 Å². The summed E-state index contributed by atoms with van der Waals surface area (Å²) >= 11 is 0. The molecule has 68 valence electrons. The van der Waals surface area contributed by atoms with E-state index in [1.807, 2.05) is 25.3 Å². The van der Waals surface area contributed by atoms with Crippen LogP contribution >= 0.6 is 0 Å². The van der Waals surface area contributed by atoms with Crippen LogP contribution in [0.4, 0.5) is 0 Å². The lowest BCUT2D eigenvalue weighted by atomic mass is 10.2. The first kappa shape index (κ1) is 8.13. The van der Waals surface area contributed by atoms with E-state index in [1.54, 1.807) is 0 Å². The smallest absolute Gasteiger partial charge is 0.0624 e. The third-order valence-electron chi connectivity index (χ3n) is 2.23. The number of nitrogens with one attached hydrogen (secondary N) is 2. The maximum absolute atomic E-state index is 5.59. The van der Waals surface area contributed by atoms with Crippen LogP contribution in [-0.4, -0.2) is 9.97 Å². The fourth-order valence-electron chi connectivity index (χ4n) is 1.46. The van der Waals surface area contributed by atoms with Gasteiger partial charge in [0.1, 0.15) is 0 Å². The van der Waals surface area contributed by atoms with Crippen LogP contribution in [0.25, 0.3) is 11.4 Å². The van der Waals surface area contributed by atoms with Crippen molar-refractivity contribution in [3.63, 3.8) is 0 Å². The lowest BCUT2D eigenvalue weighted by molar-refractivity contribution is 1.04. The van der Waals surface area contributed by atoms with E-state index in [9.17, 15) is 0 Å². The van der Waals surface area contributed by atoms with Crippen molar-refractivity contribution in [2.75, 3.05) is 0 Å². The first-order valence-corrected chi connectivity index (χ1v) is 4.33. The van der Waals surface area contributed by atoms with Crippen molar-refractivity contribution in [1.29, 1.82) is 0 Å². The summed E-state index contributed by atoms with van der Waals surface area (Å²) in [6.45, 7) is 2.62. The minimum atomic E-state index is 0.586. The minimum Gasteiger partial charge on any atom is -0.360 e. The first-order valence-electron chi connectivity index (χ1n) is 4.33. The van der Waals surface area contributed by atoms with Crippen molar-refractivity contribution in [2.24, 2.45) is 5.73 Å². The first-order chi connectivity index (χ1) is 6.31. The number of aryl methyl sites for hydroxylation is 1. The molecule has 3 heteroatoms. The zero-order valence-electron chi connectivity index (χ0n) is 7.59. The number of hydrogen-bond acceptors (Lipinski definition) is 1. The summed E-state index contributed by atoms with van der Waals surface area (Å²) in [5.74, 6) is 0. The summed E-state index contributed by atoms with van der Waals surface area (Å²) in [5, 5.41) is 0. The summed E-state index contributed by atoms with van der Waals surface area (Å²) in [6, 6.07) is 6.10. The lowest BCUT2D eigenvalue weighted by Gasteiger charge is -1.90. The van der Waals surface area contributed by atoms with Gasteiger partial charge in [0.15, 0.2) is 0 Å². The van der Waals surface area contributed by atoms with Crippen molar-refractivity contribution in [3.8, 4) is 11.4 Å². The van der Waals surface area contributed by atoms with E-state index in [0.29, 0.717) is 6.54 Å². The largest absolute Gasteiger partial charge is 0.360 e. The van der Waals surface area contributed by atoms with E-state index in [1.165, 1.54) is 5.56 Å². The van der Waals surface area contributed by atoms with E-state index in [2.05, 4.69) is 16.0 Å². The Bertz CT molecular complexity index is 384. The third-order valence-corrected chi connectivity index (χ3v) is 2.23. The Kier molecular flexibility index (Phi) is 1.94. The van der Waals surface area contributed by atoms with Gasteiger partial charge in [-0.3, -0.25) is 0 Å². The zero-order valence-corrected chi connectivity index (χ0v) is 7.59. The molecule has 0 fully saturated rings. The van der Waals surface area contributed by atoms with E-state index < -0.39 is 0 Å². The van der Waals surface area contributed by atoms with Gasteiger partial charge < -0.3 is 15.7 Å². The molecule has 0 aliphatic carbocycles. The number of aromatic nitrogens is 2. The maximum atomic E-state index is 5.59. The molecule has 2 aromatic rings. The van der Waals surface area contributed by atoms with Gasteiger partial charge in [0.2, 0.25) is 0 Å². The van der Waals surface area contributed by atoms with Gasteiger partial charge in [0, 0.05) is 18.4 Å². The van der Waals surface area contributed by atoms with E-state index in [-0.39, 0.29) is 0 Å². The second kappa shape index (κ2) is 3.11. The highest BCUT2D eigenvalue weighted by Gasteiger charge is 2.04. The number of hydrogen-bond donors (Lipinski definition) is 3. The number of H-pyrrole nitrogens is 2. The summed E-state index contributed by atoms with van der Waals surface area (Å²) in [7, 11) is 0. The fraction of sp³-hybridized carbons (Fsp3) is 0.200. The quantitative estimate of drug-likeness (QED) is 0.640. The highest BCUT2D eigenvalue weighted by Crippen LogP contribution is 2.19. The number of rotatable bonds is 2. The van der Waals surface area contributed by atoms with Gasteiger partial charge in [-0.1, -0.05) is 0 Å². The van der Waals surface area contributed by atoms with Crippen molar-refractivity contribution in [1.82, 2.24) is 9.97 Å². The predicted octanol–water partition coefficient (Wildman–Crippen LogP) is 1.78. The van der Waals surface area contributed by atoms with Crippen LogP contribution < -0.4 is 5.73 Å². The average molecular weight is 175 g/mol. The average Bonchev–Trinajstić information content (AvgIpc) is 2.71. The topological polar surface area (TPSA) is 57.6 Å². The Morgan fingerprint density at radius 2 is 2.23 bits per heavy atom. The molecule has 4 N–H and O–H groups in total.